The summed E-state index contributed by atoms with van der Waals surface area (Å²) in [5.74, 6) is 0.136. The van der Waals surface area contributed by atoms with Crippen molar-refractivity contribution in [2.24, 2.45) is 0 Å². The number of hydrogen-bond donors (Lipinski definition) is 1. The first-order valence-electron chi connectivity index (χ1n) is 9.18. The van der Waals surface area contributed by atoms with Crippen LogP contribution in [-0.4, -0.2) is 34.9 Å². The maximum absolute atomic E-state index is 12.9. The number of aromatic nitrogens is 2. The molecule has 1 aliphatic rings. The largest absolute Gasteiger partial charge is 0.376 e. The first-order chi connectivity index (χ1) is 12.1. The van der Waals surface area contributed by atoms with Crippen molar-refractivity contribution in [2.45, 2.75) is 52.1 Å². The molecule has 1 fully saturated rings. The van der Waals surface area contributed by atoms with Gasteiger partial charge < -0.3 is 10.1 Å². The second-order valence-corrected chi connectivity index (χ2v) is 6.81. The summed E-state index contributed by atoms with van der Waals surface area (Å²) >= 11 is 0. The van der Waals surface area contributed by atoms with E-state index >= 15 is 0 Å². The molecule has 0 saturated carbocycles. The highest BCUT2D eigenvalue weighted by Gasteiger charge is 2.26. The Morgan fingerprint density at radius 2 is 2.12 bits per heavy atom. The lowest BCUT2D eigenvalue weighted by atomic mass is 10.0. The van der Waals surface area contributed by atoms with E-state index in [4.69, 9.17) is 9.84 Å². The third kappa shape index (κ3) is 3.76. The Morgan fingerprint density at radius 1 is 1.36 bits per heavy atom. The molecule has 5 nitrogen and oxygen atoms in total. The molecule has 134 valence electrons. The Labute approximate surface area is 149 Å². The Hall–Kier alpha value is -2.14. The molecule has 1 aromatic carbocycles. The monoisotopic (exact) mass is 341 g/mol. The van der Waals surface area contributed by atoms with Crippen molar-refractivity contribution in [3.05, 3.63) is 47.3 Å². The van der Waals surface area contributed by atoms with Crippen LogP contribution in [-0.2, 0) is 11.2 Å². The van der Waals surface area contributed by atoms with Crippen molar-refractivity contribution in [1.82, 2.24) is 15.1 Å². The number of hydrogen-bond acceptors (Lipinski definition) is 3. The van der Waals surface area contributed by atoms with E-state index in [0.29, 0.717) is 6.54 Å². The minimum Gasteiger partial charge on any atom is -0.376 e. The topological polar surface area (TPSA) is 56.1 Å². The quantitative estimate of drug-likeness (QED) is 0.875. The van der Waals surface area contributed by atoms with Crippen molar-refractivity contribution in [2.75, 3.05) is 13.2 Å². The summed E-state index contributed by atoms with van der Waals surface area (Å²) in [4.78, 5) is 12.9. The molecule has 0 aliphatic carbocycles. The number of ether oxygens (including phenoxy) is 1. The van der Waals surface area contributed by atoms with E-state index < -0.39 is 0 Å². The van der Waals surface area contributed by atoms with Crippen LogP contribution in [0.1, 0.15) is 61.3 Å². The average Bonchev–Trinajstić information content (AvgIpc) is 3.27. The Balaban J connectivity index is 1.93. The molecule has 1 aliphatic heterocycles. The number of amides is 1. The predicted octanol–water partition coefficient (Wildman–Crippen LogP) is 3.47. The second kappa shape index (κ2) is 7.83. The van der Waals surface area contributed by atoms with E-state index in [-0.39, 0.29) is 17.9 Å². The van der Waals surface area contributed by atoms with Crippen LogP contribution in [0.25, 0.3) is 5.69 Å². The fraction of sp³-hybridized carbons (Fsp3) is 0.500. The number of rotatable bonds is 6. The van der Waals surface area contributed by atoms with Crippen LogP contribution in [0, 0.1) is 0 Å². The third-order valence-electron chi connectivity index (χ3n) is 4.63. The van der Waals surface area contributed by atoms with Gasteiger partial charge in [-0.15, -0.1) is 0 Å². The predicted molar refractivity (Wildman–Crippen MR) is 98.3 cm³/mol. The van der Waals surface area contributed by atoms with Gasteiger partial charge in [-0.2, -0.15) is 5.10 Å². The van der Waals surface area contributed by atoms with E-state index in [9.17, 15) is 4.79 Å². The molecular formula is C20H27N3O2. The summed E-state index contributed by atoms with van der Waals surface area (Å²) in [5.41, 5.74) is 3.52. The maximum atomic E-state index is 12.9. The lowest BCUT2D eigenvalue weighted by Gasteiger charge is -2.12. The fourth-order valence-corrected chi connectivity index (χ4v) is 3.33. The standard InChI is InChI=1S/C20H27N3O2/c1-4-17-18(20(24)21-13-16-11-8-12-25-16)19(14(2)3)22-23(17)15-9-6-5-7-10-15/h5-7,9-10,14,16H,4,8,11-13H2,1-3H3,(H,21,24). The van der Waals surface area contributed by atoms with Crippen LogP contribution < -0.4 is 5.32 Å². The molecule has 25 heavy (non-hydrogen) atoms. The van der Waals surface area contributed by atoms with Crippen LogP contribution >= 0.6 is 0 Å². The Bertz CT molecular complexity index is 716. The van der Waals surface area contributed by atoms with Crippen molar-refractivity contribution in [1.29, 1.82) is 0 Å². The lowest BCUT2D eigenvalue weighted by molar-refractivity contribution is 0.0856. The van der Waals surface area contributed by atoms with Gasteiger partial charge >= 0.3 is 0 Å². The smallest absolute Gasteiger partial charge is 0.255 e. The molecule has 0 spiro atoms. The van der Waals surface area contributed by atoms with Gasteiger partial charge in [0, 0.05) is 13.2 Å². The van der Waals surface area contributed by atoms with Gasteiger partial charge in [0.1, 0.15) is 0 Å². The van der Waals surface area contributed by atoms with Gasteiger partial charge in [0.25, 0.3) is 5.91 Å². The summed E-state index contributed by atoms with van der Waals surface area (Å²) in [5, 5.41) is 7.83. The van der Waals surface area contributed by atoms with E-state index in [0.717, 1.165) is 48.5 Å². The molecular weight excluding hydrogens is 314 g/mol. The molecule has 1 N–H and O–H groups in total. The van der Waals surface area contributed by atoms with Crippen molar-refractivity contribution < 1.29 is 9.53 Å². The van der Waals surface area contributed by atoms with Crippen LogP contribution in [0.5, 0.6) is 0 Å². The minimum atomic E-state index is -0.0433. The normalized spacial score (nSPS) is 17.2. The zero-order valence-corrected chi connectivity index (χ0v) is 15.3. The fourth-order valence-electron chi connectivity index (χ4n) is 3.33. The number of nitrogens with zero attached hydrogens (tertiary/aromatic N) is 2. The van der Waals surface area contributed by atoms with Crippen LogP contribution in [0.15, 0.2) is 30.3 Å². The van der Waals surface area contributed by atoms with E-state index in [1.165, 1.54) is 0 Å². The SMILES string of the molecule is CCc1c(C(=O)NCC2CCCO2)c(C(C)C)nn1-c1ccccc1. The second-order valence-electron chi connectivity index (χ2n) is 6.81. The molecule has 0 bridgehead atoms. The van der Waals surface area contributed by atoms with Crippen molar-refractivity contribution in [3.8, 4) is 5.69 Å². The summed E-state index contributed by atoms with van der Waals surface area (Å²) in [6, 6.07) is 10.00. The first kappa shape index (κ1) is 17.7. The van der Waals surface area contributed by atoms with Crippen LogP contribution in [0.2, 0.25) is 0 Å². The maximum Gasteiger partial charge on any atom is 0.255 e. The highest BCUT2D eigenvalue weighted by molar-refractivity contribution is 5.97. The molecule has 2 aromatic rings. The van der Waals surface area contributed by atoms with Crippen molar-refractivity contribution >= 4 is 5.91 Å². The minimum absolute atomic E-state index is 0.0433. The molecule has 3 rings (SSSR count). The van der Waals surface area contributed by atoms with Gasteiger partial charge in [-0.25, -0.2) is 4.68 Å². The van der Waals surface area contributed by atoms with E-state index in [1.807, 2.05) is 35.0 Å². The van der Waals surface area contributed by atoms with Gasteiger partial charge in [0.15, 0.2) is 0 Å². The van der Waals surface area contributed by atoms with Crippen LogP contribution in [0.4, 0.5) is 0 Å². The molecule has 1 saturated heterocycles. The molecule has 5 heteroatoms. The summed E-state index contributed by atoms with van der Waals surface area (Å²) in [6.45, 7) is 7.58. The zero-order chi connectivity index (χ0) is 17.8. The molecule has 1 atom stereocenters. The molecule has 1 amide bonds. The summed E-state index contributed by atoms with van der Waals surface area (Å²) < 4.78 is 7.53. The van der Waals surface area contributed by atoms with Crippen LogP contribution in [0.3, 0.4) is 0 Å². The van der Waals surface area contributed by atoms with E-state index in [2.05, 4.69) is 26.1 Å². The number of carbonyl (C=O) groups is 1. The van der Waals surface area contributed by atoms with Gasteiger partial charge in [-0.1, -0.05) is 39.0 Å². The van der Waals surface area contributed by atoms with Gasteiger partial charge in [0.2, 0.25) is 0 Å². The number of para-hydroxylation sites is 1. The third-order valence-corrected chi connectivity index (χ3v) is 4.63. The van der Waals surface area contributed by atoms with Crippen molar-refractivity contribution in [3.63, 3.8) is 0 Å². The average molecular weight is 341 g/mol. The molecule has 2 heterocycles. The highest BCUT2D eigenvalue weighted by atomic mass is 16.5. The summed E-state index contributed by atoms with van der Waals surface area (Å²) in [7, 11) is 0. The van der Waals surface area contributed by atoms with E-state index in [1.54, 1.807) is 0 Å². The highest BCUT2D eigenvalue weighted by Crippen LogP contribution is 2.25. The zero-order valence-electron chi connectivity index (χ0n) is 15.3. The summed E-state index contributed by atoms with van der Waals surface area (Å²) in [6.07, 6.45) is 2.98. The number of benzene rings is 1. The lowest BCUT2D eigenvalue weighted by Crippen LogP contribution is -2.32. The molecule has 1 aromatic heterocycles. The Morgan fingerprint density at radius 3 is 2.72 bits per heavy atom. The first-order valence-corrected chi connectivity index (χ1v) is 9.18. The molecule has 0 radical (unpaired) electrons. The number of carbonyl (C=O) groups excluding carboxylic acids is 1. The van der Waals surface area contributed by atoms with Gasteiger partial charge in [-0.05, 0) is 37.3 Å². The molecule has 1 unspecified atom stereocenters. The number of nitrogens with one attached hydrogen (secondary N) is 1. The Kier molecular flexibility index (Phi) is 5.53. The van der Waals surface area contributed by atoms with Gasteiger partial charge in [0.05, 0.1) is 28.7 Å². The van der Waals surface area contributed by atoms with Gasteiger partial charge in [-0.3, -0.25) is 4.79 Å².